The number of hydrogen-bond acceptors (Lipinski definition) is 9. The van der Waals surface area contributed by atoms with Crippen LogP contribution in [0.15, 0.2) is 96.7 Å². The van der Waals surface area contributed by atoms with Crippen molar-refractivity contribution in [2.24, 2.45) is 23.7 Å². The van der Waals surface area contributed by atoms with Crippen LogP contribution in [0.5, 0.6) is 11.5 Å². The van der Waals surface area contributed by atoms with Gasteiger partial charge in [0.2, 0.25) is 0 Å². The smallest absolute Gasteiger partial charge is 0.417 e. The van der Waals surface area contributed by atoms with E-state index in [2.05, 4.69) is 10.4 Å². The van der Waals surface area contributed by atoms with Crippen molar-refractivity contribution in [3.8, 4) is 11.5 Å². The maximum Gasteiger partial charge on any atom is 0.417 e. The lowest BCUT2D eigenvalue weighted by Crippen LogP contribution is -2.53. The molecule has 4 aliphatic rings. The molecule has 3 N–H and O–H groups in total. The van der Waals surface area contributed by atoms with Gasteiger partial charge < -0.3 is 9.84 Å². The van der Waals surface area contributed by atoms with Gasteiger partial charge in [0.15, 0.2) is 5.82 Å². The van der Waals surface area contributed by atoms with Crippen LogP contribution in [0.25, 0.3) is 0 Å². The van der Waals surface area contributed by atoms with Crippen molar-refractivity contribution < 1.29 is 47.4 Å². The quantitative estimate of drug-likeness (QED) is 0.102. The second-order valence-electron chi connectivity index (χ2n) is 13.9. The Hall–Kier alpha value is -5.44. The van der Waals surface area contributed by atoms with Crippen LogP contribution in [0.3, 0.4) is 0 Å². The Morgan fingerprint density at radius 2 is 1.65 bits per heavy atom. The van der Waals surface area contributed by atoms with Crippen molar-refractivity contribution >= 4 is 52.6 Å². The number of ether oxygens (including phenoxy) is 1. The summed E-state index contributed by atoms with van der Waals surface area (Å²) in [6.07, 6.45) is -2.69. The van der Waals surface area contributed by atoms with E-state index in [1.54, 1.807) is 30.3 Å². The molecule has 55 heavy (non-hydrogen) atoms. The van der Waals surface area contributed by atoms with Crippen LogP contribution in [-0.4, -0.2) is 49.0 Å². The number of hydroxylamine groups is 2. The average Bonchev–Trinajstić information content (AvgIpc) is 3.51. The molecule has 4 amide bonds. The molecule has 8 rings (SSSR count). The van der Waals surface area contributed by atoms with E-state index >= 15 is 4.79 Å². The molecule has 0 bridgehead atoms. The summed E-state index contributed by atoms with van der Waals surface area (Å²) < 4.78 is 46.3. The molecule has 1 saturated carbocycles. The Kier molecular flexibility index (Phi) is 8.90. The van der Waals surface area contributed by atoms with E-state index in [1.807, 2.05) is 30.3 Å². The van der Waals surface area contributed by atoms with Crippen LogP contribution < -0.4 is 10.2 Å². The number of hydrogen-bond donors (Lipinski definition) is 3. The SMILES string of the molecule is O=C1C2CC=C3C(CC4C(=O)N(Nc5ncc(C(F)(F)F)cc5Cl)C(=O)C4(c4ccc(Cl)cc4)C3c3ccc(OCc4ccccc4)cc3O)C2C(=O)N1O. The molecule has 16 heteroatoms. The molecular formula is C39H29Cl2F3N4O7. The van der Waals surface area contributed by atoms with Crippen LogP contribution in [0.1, 0.15) is 41.0 Å². The number of nitrogens with zero attached hydrogens (tertiary/aromatic N) is 3. The van der Waals surface area contributed by atoms with Gasteiger partial charge in [0, 0.05) is 28.8 Å². The number of nitrogens with one attached hydrogen (secondary N) is 1. The van der Waals surface area contributed by atoms with Gasteiger partial charge in [0.25, 0.3) is 23.6 Å². The summed E-state index contributed by atoms with van der Waals surface area (Å²) >= 11 is 12.5. The molecule has 6 unspecified atom stereocenters. The number of hydrazine groups is 1. The predicted molar refractivity (Wildman–Crippen MR) is 189 cm³/mol. The second-order valence-corrected chi connectivity index (χ2v) is 14.7. The third-order valence-corrected chi connectivity index (χ3v) is 11.6. The number of rotatable bonds is 7. The third-order valence-electron chi connectivity index (χ3n) is 11.1. The van der Waals surface area contributed by atoms with E-state index in [4.69, 9.17) is 27.9 Å². The number of anilines is 1. The number of amides is 4. The number of fused-ring (bicyclic) bond motifs is 4. The summed E-state index contributed by atoms with van der Waals surface area (Å²) in [5.74, 6) is -9.10. The monoisotopic (exact) mass is 792 g/mol. The van der Waals surface area contributed by atoms with E-state index in [0.29, 0.717) is 39.2 Å². The Morgan fingerprint density at radius 3 is 2.33 bits per heavy atom. The fourth-order valence-corrected chi connectivity index (χ4v) is 9.04. The Bertz CT molecular complexity index is 2290. The number of aromatic nitrogens is 1. The molecule has 0 spiro atoms. The van der Waals surface area contributed by atoms with Crippen LogP contribution >= 0.6 is 23.2 Å². The van der Waals surface area contributed by atoms with Gasteiger partial charge in [-0.1, -0.05) is 83.4 Å². The minimum atomic E-state index is -4.77. The van der Waals surface area contributed by atoms with Crippen molar-refractivity contribution in [1.82, 2.24) is 15.1 Å². The van der Waals surface area contributed by atoms with Crippen molar-refractivity contribution in [3.63, 3.8) is 0 Å². The van der Waals surface area contributed by atoms with E-state index in [-0.39, 0.29) is 35.8 Å². The standard InChI is InChI=1S/C39H29Cl2F3N4O7/c40-22-8-6-20(7-9-22)38-28(35(51)47(37(38)53)46-33-29(41)14-21(17-45-33)39(42,43)44)16-27-24(12-13-26-31(27)36(52)48(54)34(26)50)32(38)25-11-10-23(15-30(25)49)55-18-19-4-2-1-3-5-19/h1-12,14-15,17,26-28,31-32,49,54H,13,16,18H2,(H,45,46). The predicted octanol–water partition coefficient (Wildman–Crippen LogP) is 7.07. The van der Waals surface area contributed by atoms with Gasteiger partial charge >= 0.3 is 6.18 Å². The fourth-order valence-electron chi connectivity index (χ4n) is 8.71. The first-order valence-corrected chi connectivity index (χ1v) is 17.9. The van der Waals surface area contributed by atoms with Crippen LogP contribution in [-0.2, 0) is 37.4 Å². The fraction of sp³-hybridized carbons (Fsp3) is 0.256. The largest absolute Gasteiger partial charge is 0.508 e. The number of aromatic hydroxyl groups is 1. The summed E-state index contributed by atoms with van der Waals surface area (Å²) in [5, 5.41) is 22.8. The van der Waals surface area contributed by atoms with Crippen molar-refractivity contribution in [1.29, 1.82) is 0 Å². The summed E-state index contributed by atoms with van der Waals surface area (Å²) in [6.45, 7) is 0.179. The Balaban J connectivity index is 1.29. The number of allylic oxidation sites excluding steroid dienone is 2. The summed E-state index contributed by atoms with van der Waals surface area (Å²) in [5.41, 5.74) is 1.38. The van der Waals surface area contributed by atoms with Crippen molar-refractivity contribution in [2.75, 3.05) is 5.43 Å². The van der Waals surface area contributed by atoms with Crippen LogP contribution in [0.2, 0.25) is 10.0 Å². The first kappa shape index (κ1) is 36.5. The molecule has 282 valence electrons. The van der Waals surface area contributed by atoms with Gasteiger partial charge in [-0.15, -0.1) is 0 Å². The second kappa shape index (κ2) is 13.4. The number of benzene rings is 3. The summed E-state index contributed by atoms with van der Waals surface area (Å²) in [4.78, 5) is 60.2. The van der Waals surface area contributed by atoms with Crippen LogP contribution in [0.4, 0.5) is 19.0 Å². The number of phenolic OH excluding ortho intramolecular Hbond substituents is 1. The number of carbonyl (C=O) groups excluding carboxylic acids is 4. The molecule has 11 nitrogen and oxygen atoms in total. The highest BCUT2D eigenvalue weighted by Crippen LogP contribution is 2.65. The number of alkyl halides is 3. The van der Waals surface area contributed by atoms with Crippen molar-refractivity contribution in [3.05, 3.63) is 129 Å². The van der Waals surface area contributed by atoms with E-state index in [9.17, 15) is 37.9 Å². The van der Waals surface area contributed by atoms with Gasteiger partial charge in [-0.3, -0.25) is 29.8 Å². The molecular weight excluding hydrogens is 764 g/mol. The molecule has 2 aliphatic carbocycles. The number of imide groups is 2. The molecule has 3 fully saturated rings. The topological polar surface area (TPSA) is 149 Å². The minimum absolute atomic E-state index is 0.0181. The Morgan fingerprint density at radius 1 is 0.927 bits per heavy atom. The normalized spacial score (nSPS) is 26.1. The molecule has 4 aromatic rings. The maximum absolute atomic E-state index is 15.2. The van der Waals surface area contributed by atoms with E-state index < -0.39 is 81.2 Å². The van der Waals surface area contributed by atoms with E-state index in [1.165, 1.54) is 18.2 Å². The summed E-state index contributed by atoms with van der Waals surface area (Å²) in [6, 6.07) is 20.7. The molecule has 2 saturated heterocycles. The number of phenols is 1. The molecule has 2 aliphatic heterocycles. The number of pyridine rings is 1. The molecule has 1 aromatic heterocycles. The van der Waals surface area contributed by atoms with Crippen molar-refractivity contribution in [2.45, 2.75) is 37.0 Å². The highest BCUT2D eigenvalue weighted by molar-refractivity contribution is 6.33. The average molecular weight is 794 g/mol. The third kappa shape index (κ3) is 5.81. The van der Waals surface area contributed by atoms with Gasteiger partial charge in [-0.05, 0) is 54.2 Å². The van der Waals surface area contributed by atoms with Crippen LogP contribution in [0, 0.1) is 23.7 Å². The number of carbonyl (C=O) groups is 4. The highest BCUT2D eigenvalue weighted by atomic mass is 35.5. The van der Waals surface area contributed by atoms with Gasteiger partial charge in [0.1, 0.15) is 18.1 Å². The molecule has 6 atom stereocenters. The maximum atomic E-state index is 15.2. The van der Waals surface area contributed by atoms with Gasteiger partial charge in [0.05, 0.1) is 33.8 Å². The number of halogens is 5. The zero-order valence-corrected chi connectivity index (χ0v) is 29.8. The first-order chi connectivity index (χ1) is 26.2. The minimum Gasteiger partial charge on any atom is -0.508 e. The zero-order valence-electron chi connectivity index (χ0n) is 28.3. The van der Waals surface area contributed by atoms with Gasteiger partial charge in [-0.2, -0.15) is 23.2 Å². The Labute approximate surface area is 320 Å². The zero-order chi connectivity index (χ0) is 39.0. The van der Waals surface area contributed by atoms with E-state index in [0.717, 1.165) is 5.56 Å². The molecule has 0 radical (unpaired) electrons. The van der Waals surface area contributed by atoms with Gasteiger partial charge in [-0.25, -0.2) is 4.98 Å². The lowest BCUT2D eigenvalue weighted by molar-refractivity contribution is -0.173. The molecule has 3 aromatic carbocycles. The molecule has 3 heterocycles. The lowest BCUT2D eigenvalue weighted by Gasteiger charge is -2.50. The lowest BCUT2D eigenvalue weighted by atomic mass is 9.49. The highest BCUT2D eigenvalue weighted by Gasteiger charge is 2.70. The summed E-state index contributed by atoms with van der Waals surface area (Å²) in [7, 11) is 0. The first-order valence-electron chi connectivity index (χ1n) is 17.1.